The van der Waals surface area contributed by atoms with Gasteiger partial charge in [-0.15, -0.1) is 0 Å². The molecule has 0 aromatic rings. The minimum absolute atomic E-state index is 0.344. The normalized spacial score (nSPS) is 24.4. The van der Waals surface area contributed by atoms with E-state index in [9.17, 15) is 0 Å². The molecule has 1 saturated heterocycles. The minimum atomic E-state index is 0.344. The SMILES string of the molecule is CC(C)(C)C1CCN(CCCCO)C1. The Balaban J connectivity index is 2.21. The summed E-state index contributed by atoms with van der Waals surface area (Å²) < 4.78 is 0. The first-order valence-electron chi connectivity index (χ1n) is 5.87. The average Bonchev–Trinajstić information content (AvgIpc) is 2.52. The number of unbranched alkanes of at least 4 members (excludes halogenated alkanes) is 1. The lowest BCUT2D eigenvalue weighted by atomic mass is 9.80. The second kappa shape index (κ2) is 5.13. The molecular weight excluding hydrogens is 174 g/mol. The summed E-state index contributed by atoms with van der Waals surface area (Å²) in [7, 11) is 0. The molecule has 0 spiro atoms. The van der Waals surface area contributed by atoms with Crippen LogP contribution in [0.15, 0.2) is 0 Å². The number of hydrogen-bond acceptors (Lipinski definition) is 2. The predicted molar refractivity (Wildman–Crippen MR) is 60.3 cm³/mol. The molecule has 1 rings (SSSR count). The molecule has 1 unspecified atom stereocenters. The topological polar surface area (TPSA) is 23.5 Å². The summed E-state index contributed by atoms with van der Waals surface area (Å²) in [4.78, 5) is 2.55. The van der Waals surface area contributed by atoms with E-state index in [0.29, 0.717) is 12.0 Å². The van der Waals surface area contributed by atoms with Crippen LogP contribution in [0.4, 0.5) is 0 Å². The fraction of sp³-hybridized carbons (Fsp3) is 1.00. The molecule has 0 aliphatic carbocycles. The molecule has 84 valence electrons. The third kappa shape index (κ3) is 3.58. The first kappa shape index (κ1) is 12.0. The molecule has 1 atom stereocenters. The molecule has 0 amide bonds. The van der Waals surface area contributed by atoms with E-state index >= 15 is 0 Å². The standard InChI is InChI=1S/C12H25NO/c1-12(2,3)11-6-8-13(10-11)7-4-5-9-14/h11,14H,4-10H2,1-3H3. The zero-order valence-corrected chi connectivity index (χ0v) is 9.92. The van der Waals surface area contributed by atoms with Gasteiger partial charge in [-0.2, -0.15) is 0 Å². The molecule has 0 saturated carbocycles. The first-order chi connectivity index (χ1) is 6.54. The van der Waals surface area contributed by atoms with E-state index in [2.05, 4.69) is 25.7 Å². The molecule has 0 aromatic carbocycles. The molecule has 1 aliphatic heterocycles. The van der Waals surface area contributed by atoms with E-state index in [-0.39, 0.29) is 0 Å². The number of likely N-dealkylation sites (tertiary alicyclic amines) is 1. The van der Waals surface area contributed by atoms with Gasteiger partial charge in [0.2, 0.25) is 0 Å². The van der Waals surface area contributed by atoms with E-state index in [4.69, 9.17) is 5.11 Å². The molecule has 0 bridgehead atoms. The van der Waals surface area contributed by atoms with Crippen molar-refractivity contribution in [1.29, 1.82) is 0 Å². The fourth-order valence-electron chi connectivity index (χ4n) is 2.19. The van der Waals surface area contributed by atoms with Gasteiger partial charge in [-0.25, -0.2) is 0 Å². The van der Waals surface area contributed by atoms with Gasteiger partial charge in [0.1, 0.15) is 0 Å². The van der Waals surface area contributed by atoms with Crippen molar-refractivity contribution < 1.29 is 5.11 Å². The third-order valence-electron chi connectivity index (χ3n) is 3.38. The number of aliphatic hydroxyl groups excluding tert-OH is 1. The maximum Gasteiger partial charge on any atom is 0.0431 e. The van der Waals surface area contributed by atoms with Gasteiger partial charge in [0.05, 0.1) is 0 Å². The quantitative estimate of drug-likeness (QED) is 0.701. The number of rotatable bonds is 4. The lowest BCUT2D eigenvalue weighted by Crippen LogP contribution is -2.26. The Morgan fingerprint density at radius 1 is 1.29 bits per heavy atom. The molecule has 1 N–H and O–H groups in total. The van der Waals surface area contributed by atoms with E-state index in [1.165, 1.54) is 26.1 Å². The van der Waals surface area contributed by atoms with Gasteiger partial charge in [0.25, 0.3) is 0 Å². The zero-order valence-electron chi connectivity index (χ0n) is 9.92. The van der Waals surface area contributed by atoms with Crippen molar-refractivity contribution in [3.8, 4) is 0 Å². The van der Waals surface area contributed by atoms with Crippen LogP contribution in [-0.4, -0.2) is 36.2 Å². The summed E-state index contributed by atoms with van der Waals surface area (Å²) in [6.07, 6.45) is 3.45. The van der Waals surface area contributed by atoms with Gasteiger partial charge in [-0.05, 0) is 43.7 Å². The van der Waals surface area contributed by atoms with Crippen LogP contribution in [0.25, 0.3) is 0 Å². The summed E-state index contributed by atoms with van der Waals surface area (Å²) in [5, 5.41) is 8.70. The lowest BCUT2D eigenvalue weighted by molar-refractivity contribution is 0.221. The van der Waals surface area contributed by atoms with Crippen molar-refractivity contribution in [3.63, 3.8) is 0 Å². The largest absolute Gasteiger partial charge is 0.396 e. The molecule has 2 nitrogen and oxygen atoms in total. The van der Waals surface area contributed by atoms with Gasteiger partial charge in [0, 0.05) is 13.2 Å². The summed E-state index contributed by atoms with van der Waals surface area (Å²) >= 11 is 0. The first-order valence-corrected chi connectivity index (χ1v) is 5.87. The Bertz CT molecular complexity index is 162. The van der Waals surface area contributed by atoms with Crippen LogP contribution >= 0.6 is 0 Å². The Hall–Kier alpha value is -0.0800. The van der Waals surface area contributed by atoms with Crippen LogP contribution in [0.2, 0.25) is 0 Å². The number of hydrogen-bond donors (Lipinski definition) is 1. The summed E-state index contributed by atoms with van der Waals surface area (Å²) in [5.41, 5.74) is 0.464. The average molecular weight is 199 g/mol. The monoisotopic (exact) mass is 199 g/mol. The molecule has 2 heteroatoms. The molecule has 0 radical (unpaired) electrons. The summed E-state index contributed by atoms with van der Waals surface area (Å²) in [5.74, 6) is 0.858. The molecular formula is C12H25NO. The van der Waals surface area contributed by atoms with Crippen molar-refractivity contribution in [3.05, 3.63) is 0 Å². The highest BCUT2D eigenvalue weighted by atomic mass is 16.2. The van der Waals surface area contributed by atoms with E-state index < -0.39 is 0 Å². The smallest absolute Gasteiger partial charge is 0.0431 e. The number of aliphatic hydroxyl groups is 1. The minimum Gasteiger partial charge on any atom is -0.396 e. The molecule has 1 aliphatic rings. The summed E-state index contributed by atoms with van der Waals surface area (Å²) in [6.45, 7) is 11.1. The number of nitrogens with zero attached hydrogens (tertiary/aromatic N) is 1. The maximum absolute atomic E-state index is 8.70. The van der Waals surface area contributed by atoms with Crippen LogP contribution in [0, 0.1) is 11.3 Å². The third-order valence-corrected chi connectivity index (χ3v) is 3.38. The highest BCUT2D eigenvalue weighted by molar-refractivity contribution is 4.83. The van der Waals surface area contributed by atoms with Crippen LogP contribution in [0.1, 0.15) is 40.0 Å². The van der Waals surface area contributed by atoms with Crippen LogP contribution in [-0.2, 0) is 0 Å². The van der Waals surface area contributed by atoms with Crippen LogP contribution in [0.3, 0.4) is 0 Å². The second-order valence-electron chi connectivity index (χ2n) is 5.58. The Morgan fingerprint density at radius 3 is 2.50 bits per heavy atom. The fourth-order valence-corrected chi connectivity index (χ4v) is 2.19. The van der Waals surface area contributed by atoms with E-state index in [1.54, 1.807) is 0 Å². The lowest BCUT2D eigenvalue weighted by Gasteiger charge is -2.27. The molecule has 1 heterocycles. The van der Waals surface area contributed by atoms with Crippen molar-refractivity contribution in [2.24, 2.45) is 11.3 Å². The Labute approximate surface area is 88.3 Å². The van der Waals surface area contributed by atoms with Gasteiger partial charge < -0.3 is 10.0 Å². The van der Waals surface area contributed by atoms with Crippen molar-refractivity contribution in [1.82, 2.24) is 4.90 Å². The molecule has 1 fully saturated rings. The van der Waals surface area contributed by atoms with Crippen molar-refractivity contribution in [2.45, 2.75) is 40.0 Å². The van der Waals surface area contributed by atoms with Gasteiger partial charge >= 0.3 is 0 Å². The Kier molecular flexibility index (Phi) is 4.39. The van der Waals surface area contributed by atoms with Gasteiger partial charge in [-0.1, -0.05) is 20.8 Å². The Morgan fingerprint density at radius 2 is 2.00 bits per heavy atom. The van der Waals surface area contributed by atoms with Crippen molar-refractivity contribution in [2.75, 3.05) is 26.2 Å². The maximum atomic E-state index is 8.70. The second-order valence-corrected chi connectivity index (χ2v) is 5.58. The predicted octanol–water partition coefficient (Wildman–Crippen LogP) is 2.13. The summed E-state index contributed by atoms with van der Waals surface area (Å²) in [6, 6.07) is 0. The van der Waals surface area contributed by atoms with E-state index in [0.717, 1.165) is 18.8 Å². The van der Waals surface area contributed by atoms with Crippen molar-refractivity contribution >= 4 is 0 Å². The van der Waals surface area contributed by atoms with Gasteiger partial charge in [-0.3, -0.25) is 0 Å². The highest BCUT2D eigenvalue weighted by Gasteiger charge is 2.31. The molecule has 14 heavy (non-hydrogen) atoms. The van der Waals surface area contributed by atoms with Gasteiger partial charge in [0.15, 0.2) is 0 Å². The van der Waals surface area contributed by atoms with Crippen LogP contribution < -0.4 is 0 Å². The highest BCUT2D eigenvalue weighted by Crippen LogP contribution is 2.33. The van der Waals surface area contributed by atoms with E-state index in [1.807, 2.05) is 0 Å². The van der Waals surface area contributed by atoms with Crippen LogP contribution in [0.5, 0.6) is 0 Å². The zero-order chi connectivity index (χ0) is 10.6. The molecule has 0 aromatic heterocycles.